The van der Waals surface area contributed by atoms with Crippen molar-refractivity contribution in [3.05, 3.63) is 89.6 Å². The Bertz CT molecular complexity index is 1640. The highest BCUT2D eigenvalue weighted by Crippen LogP contribution is 2.45. The Morgan fingerprint density at radius 3 is 2.46 bits per heavy atom. The van der Waals surface area contributed by atoms with E-state index in [1.165, 1.54) is 17.0 Å². The van der Waals surface area contributed by atoms with Crippen molar-refractivity contribution in [3.8, 4) is 5.75 Å². The number of anilines is 1. The van der Waals surface area contributed by atoms with Crippen LogP contribution in [0.1, 0.15) is 17.9 Å². The van der Waals surface area contributed by atoms with Crippen LogP contribution in [-0.4, -0.2) is 51.0 Å². The number of nitrogens with one attached hydrogen (secondary N) is 3. The Morgan fingerprint density at radius 1 is 1.05 bits per heavy atom. The van der Waals surface area contributed by atoms with Crippen LogP contribution in [0.4, 0.5) is 5.69 Å². The number of ether oxygens (including phenoxy) is 1. The zero-order valence-electron chi connectivity index (χ0n) is 21.2. The van der Waals surface area contributed by atoms with E-state index in [2.05, 4.69) is 15.6 Å². The molecule has 11 heteroatoms. The highest BCUT2D eigenvalue weighted by molar-refractivity contribution is 7.91. The number of nitrogens with zero attached hydrogens (tertiary/aromatic N) is 1. The van der Waals surface area contributed by atoms with Crippen LogP contribution < -0.4 is 20.3 Å². The molecule has 0 spiro atoms. The van der Waals surface area contributed by atoms with E-state index in [9.17, 15) is 18.0 Å². The molecule has 0 radical (unpaired) electrons. The molecule has 3 atom stereocenters. The quantitative estimate of drug-likeness (QED) is 0.313. The van der Waals surface area contributed by atoms with E-state index in [1.54, 1.807) is 80.7 Å². The SMILES string of the molecule is CN[C@@H](C)C(=O)NC1COc2ccccc2N([C@H](c2c(Cl)[nH]c3ccccc23)S(=O)(=O)c2ccccc2)C1=O. The molecular formula is C28H27ClN4O5S. The fraction of sp³-hybridized carbons (Fsp3) is 0.214. The standard InChI is InChI=1S/C28H27ClN4O5S/c1-17(30-2)26(34)32-21-16-38-23-15-9-8-14-22(23)33(27(21)35)28(39(36,37)18-10-4-3-5-11-18)24-19-12-6-7-13-20(19)31-25(24)29/h3-15,17,21,28,30-31H,16H2,1-2H3,(H,32,34)/t17-,21?,28-/m0/s1. The number of amides is 2. The fourth-order valence-electron chi connectivity index (χ4n) is 4.62. The van der Waals surface area contributed by atoms with Crippen molar-refractivity contribution < 1.29 is 22.7 Å². The van der Waals surface area contributed by atoms with E-state index in [1.807, 2.05) is 0 Å². The van der Waals surface area contributed by atoms with Gasteiger partial charge in [0.15, 0.2) is 5.37 Å². The summed E-state index contributed by atoms with van der Waals surface area (Å²) in [7, 11) is -2.66. The lowest BCUT2D eigenvalue weighted by Gasteiger charge is -2.33. The summed E-state index contributed by atoms with van der Waals surface area (Å²) in [4.78, 5) is 31.3. The normalized spacial score (nSPS) is 17.2. The van der Waals surface area contributed by atoms with Gasteiger partial charge in [-0.2, -0.15) is 0 Å². The number of fused-ring (bicyclic) bond motifs is 2. The summed E-state index contributed by atoms with van der Waals surface area (Å²) in [5, 5.41) is 4.60. The first-order valence-corrected chi connectivity index (χ1v) is 14.2. The number of carbonyl (C=O) groups excluding carboxylic acids is 2. The molecule has 0 saturated heterocycles. The first kappa shape index (κ1) is 26.7. The molecule has 0 saturated carbocycles. The molecule has 3 N–H and O–H groups in total. The molecule has 0 aliphatic carbocycles. The van der Waals surface area contributed by atoms with Crippen molar-refractivity contribution in [1.29, 1.82) is 0 Å². The van der Waals surface area contributed by atoms with Crippen molar-refractivity contribution in [1.82, 2.24) is 15.6 Å². The predicted molar refractivity (Wildman–Crippen MR) is 150 cm³/mol. The first-order valence-electron chi connectivity index (χ1n) is 12.3. The molecule has 1 unspecified atom stereocenters. The molecule has 1 aliphatic rings. The molecule has 1 aliphatic heterocycles. The lowest BCUT2D eigenvalue weighted by atomic mass is 10.1. The Balaban J connectivity index is 1.77. The molecule has 4 aromatic rings. The molecule has 2 amide bonds. The predicted octanol–water partition coefficient (Wildman–Crippen LogP) is 3.81. The fourth-order valence-corrected chi connectivity index (χ4v) is 6.83. The largest absolute Gasteiger partial charge is 0.489 e. The summed E-state index contributed by atoms with van der Waals surface area (Å²) in [6, 6.07) is 19.9. The molecule has 9 nitrogen and oxygen atoms in total. The van der Waals surface area contributed by atoms with E-state index >= 15 is 0 Å². The summed E-state index contributed by atoms with van der Waals surface area (Å²) in [5.41, 5.74) is 1.08. The number of carbonyl (C=O) groups is 2. The number of aromatic nitrogens is 1. The molecule has 3 aromatic carbocycles. The number of benzene rings is 3. The molecule has 2 heterocycles. The van der Waals surface area contributed by atoms with Crippen molar-refractivity contribution in [3.63, 3.8) is 0 Å². The summed E-state index contributed by atoms with van der Waals surface area (Å²) < 4.78 is 34.9. The Morgan fingerprint density at radius 2 is 1.72 bits per heavy atom. The van der Waals surface area contributed by atoms with Gasteiger partial charge in [0, 0.05) is 16.5 Å². The number of rotatable bonds is 7. The number of hydrogen-bond donors (Lipinski definition) is 3. The van der Waals surface area contributed by atoms with E-state index < -0.39 is 39.1 Å². The maximum atomic E-state index is 14.5. The zero-order chi connectivity index (χ0) is 27.7. The first-order chi connectivity index (χ1) is 18.7. The minimum atomic E-state index is -4.28. The molecule has 39 heavy (non-hydrogen) atoms. The molecule has 0 bridgehead atoms. The third-order valence-corrected chi connectivity index (χ3v) is 9.02. The molecule has 5 rings (SSSR count). The van der Waals surface area contributed by atoms with Crippen LogP contribution in [0.2, 0.25) is 5.15 Å². The van der Waals surface area contributed by atoms with Crippen molar-refractivity contribution in [2.45, 2.75) is 29.3 Å². The van der Waals surface area contributed by atoms with Gasteiger partial charge in [0.05, 0.1) is 16.6 Å². The number of aromatic amines is 1. The number of halogens is 1. The maximum Gasteiger partial charge on any atom is 0.254 e. The Kier molecular flexibility index (Phi) is 7.35. The summed E-state index contributed by atoms with van der Waals surface area (Å²) in [5.74, 6) is -0.783. The van der Waals surface area contributed by atoms with Crippen LogP contribution in [0.5, 0.6) is 5.75 Å². The second-order valence-electron chi connectivity index (χ2n) is 9.17. The van der Waals surface area contributed by atoms with Crippen molar-refractivity contribution in [2.24, 2.45) is 0 Å². The van der Waals surface area contributed by atoms with E-state index in [4.69, 9.17) is 16.3 Å². The average molecular weight is 567 g/mol. The minimum Gasteiger partial charge on any atom is -0.489 e. The highest BCUT2D eigenvalue weighted by Gasteiger charge is 2.45. The monoisotopic (exact) mass is 566 g/mol. The van der Waals surface area contributed by atoms with Crippen LogP contribution in [-0.2, 0) is 19.4 Å². The van der Waals surface area contributed by atoms with Gasteiger partial charge in [0.2, 0.25) is 15.7 Å². The summed E-state index contributed by atoms with van der Waals surface area (Å²) in [6.07, 6.45) is 0. The summed E-state index contributed by atoms with van der Waals surface area (Å²) in [6.45, 7) is 1.46. The van der Waals surface area contributed by atoms with Crippen molar-refractivity contribution in [2.75, 3.05) is 18.6 Å². The van der Waals surface area contributed by atoms with Gasteiger partial charge in [-0.15, -0.1) is 0 Å². The lowest BCUT2D eigenvalue weighted by molar-refractivity contribution is -0.129. The van der Waals surface area contributed by atoms with Gasteiger partial charge in [0.25, 0.3) is 5.91 Å². The smallest absolute Gasteiger partial charge is 0.254 e. The minimum absolute atomic E-state index is 0.0104. The number of sulfone groups is 1. The Hall–Kier alpha value is -3.86. The van der Waals surface area contributed by atoms with Gasteiger partial charge < -0.3 is 20.4 Å². The molecule has 0 fully saturated rings. The van der Waals surface area contributed by atoms with Crippen molar-refractivity contribution >= 4 is 49.8 Å². The van der Waals surface area contributed by atoms with E-state index in [0.717, 1.165) is 0 Å². The van der Waals surface area contributed by atoms with Gasteiger partial charge in [-0.25, -0.2) is 8.42 Å². The zero-order valence-corrected chi connectivity index (χ0v) is 22.8. The van der Waals surface area contributed by atoms with E-state index in [0.29, 0.717) is 16.7 Å². The van der Waals surface area contributed by atoms with Gasteiger partial charge in [-0.05, 0) is 44.3 Å². The van der Waals surface area contributed by atoms with E-state index in [-0.39, 0.29) is 27.9 Å². The van der Waals surface area contributed by atoms with Crippen LogP contribution >= 0.6 is 11.6 Å². The number of H-pyrrole nitrogens is 1. The summed E-state index contributed by atoms with van der Waals surface area (Å²) >= 11 is 6.70. The third kappa shape index (κ3) is 4.87. The second kappa shape index (κ2) is 10.7. The number of hydrogen-bond acceptors (Lipinski definition) is 6. The van der Waals surface area contributed by atoms with Crippen LogP contribution in [0.3, 0.4) is 0 Å². The van der Waals surface area contributed by atoms with Crippen LogP contribution in [0.25, 0.3) is 10.9 Å². The molecular weight excluding hydrogens is 540 g/mol. The number of likely N-dealkylation sites (N-methyl/N-ethyl adjacent to an activating group) is 1. The third-order valence-electron chi connectivity index (χ3n) is 6.75. The Labute approximate surface area is 231 Å². The second-order valence-corrected chi connectivity index (χ2v) is 11.6. The number of para-hydroxylation sites is 3. The van der Waals surface area contributed by atoms with Gasteiger partial charge >= 0.3 is 0 Å². The topological polar surface area (TPSA) is 121 Å². The maximum absolute atomic E-state index is 14.5. The van der Waals surface area contributed by atoms with Crippen LogP contribution in [0, 0.1) is 0 Å². The molecule has 202 valence electrons. The van der Waals surface area contributed by atoms with Gasteiger partial charge in [0.1, 0.15) is 23.6 Å². The van der Waals surface area contributed by atoms with Gasteiger partial charge in [-0.3, -0.25) is 14.5 Å². The van der Waals surface area contributed by atoms with Gasteiger partial charge in [-0.1, -0.05) is 60.1 Å². The highest BCUT2D eigenvalue weighted by atomic mass is 35.5. The van der Waals surface area contributed by atoms with Crippen LogP contribution in [0.15, 0.2) is 83.8 Å². The lowest BCUT2D eigenvalue weighted by Crippen LogP contribution is -2.55. The average Bonchev–Trinajstić information content (AvgIpc) is 3.21. The molecule has 1 aromatic heterocycles.